The van der Waals surface area contributed by atoms with Crippen molar-refractivity contribution in [1.29, 1.82) is 0 Å². The molecule has 1 spiro atoms. The number of aliphatic hydroxyl groups is 2. The molecule has 0 unspecified atom stereocenters. The van der Waals surface area contributed by atoms with Crippen LogP contribution in [0.4, 0.5) is 0 Å². The summed E-state index contributed by atoms with van der Waals surface area (Å²) in [6.45, 7) is 15.9. The monoisotopic (exact) mass is 371 g/mol. The fourth-order valence-corrected chi connectivity index (χ4v) is 5.15. The van der Waals surface area contributed by atoms with Crippen molar-refractivity contribution in [2.45, 2.75) is 96.1 Å². The van der Waals surface area contributed by atoms with Crippen molar-refractivity contribution in [3.8, 4) is 0 Å². The molecule has 1 heterocycles. The first-order valence-corrected chi connectivity index (χ1v) is 13.2. The van der Waals surface area contributed by atoms with E-state index in [2.05, 4.69) is 38.8 Å². The molecule has 0 amide bonds. The first-order valence-electron chi connectivity index (χ1n) is 10.3. The normalized spacial score (nSPS) is 28.0. The molecule has 0 bridgehead atoms. The minimum atomic E-state index is -1.58. The molecule has 2 atom stereocenters. The molecule has 1 saturated carbocycles. The Morgan fingerprint density at radius 2 is 1.56 bits per heavy atom. The summed E-state index contributed by atoms with van der Waals surface area (Å²) in [5.74, 6) is 0. The average molecular weight is 372 g/mol. The highest BCUT2D eigenvalue weighted by Gasteiger charge is 2.45. The van der Waals surface area contributed by atoms with Gasteiger partial charge in [0.25, 0.3) is 0 Å². The van der Waals surface area contributed by atoms with E-state index >= 15 is 0 Å². The molecule has 2 rings (SSSR count). The lowest BCUT2D eigenvalue weighted by Gasteiger charge is -2.39. The predicted octanol–water partition coefficient (Wildman–Crippen LogP) is 3.78. The van der Waals surface area contributed by atoms with Crippen LogP contribution in [0.15, 0.2) is 0 Å². The summed E-state index contributed by atoms with van der Waals surface area (Å²) in [6, 6.07) is 0. The van der Waals surface area contributed by atoms with E-state index < -0.39 is 20.5 Å². The highest BCUT2D eigenvalue weighted by atomic mass is 28.4. The van der Waals surface area contributed by atoms with Crippen molar-refractivity contribution < 1.29 is 14.6 Å². The van der Waals surface area contributed by atoms with E-state index in [4.69, 9.17) is 4.43 Å². The lowest BCUT2D eigenvalue weighted by atomic mass is 9.77. The molecule has 1 aliphatic heterocycles. The number of aliphatic hydroxyl groups excluding tert-OH is 2. The average Bonchev–Trinajstić information content (AvgIpc) is 2.78. The maximum atomic E-state index is 9.84. The van der Waals surface area contributed by atoms with Gasteiger partial charge in [-0.2, -0.15) is 0 Å². The zero-order chi connectivity index (χ0) is 18.7. The van der Waals surface area contributed by atoms with E-state index in [0.717, 1.165) is 45.4 Å². The van der Waals surface area contributed by atoms with Gasteiger partial charge in [-0.3, -0.25) is 0 Å². The summed E-state index contributed by atoms with van der Waals surface area (Å²) in [4.78, 5) is 2.57. The number of hydrogen-bond acceptors (Lipinski definition) is 4. The van der Waals surface area contributed by atoms with Gasteiger partial charge in [0.2, 0.25) is 0 Å². The number of piperidine rings is 1. The SMILES string of the molecule is CC(C)(C)[Si](C)(C)OCCCCCN1CCC2(CC1)C[C@@H](O)[C@H](O)C2. The first-order chi connectivity index (χ1) is 11.5. The van der Waals surface area contributed by atoms with Gasteiger partial charge in [-0.05, 0) is 88.1 Å². The van der Waals surface area contributed by atoms with Crippen molar-refractivity contribution in [2.75, 3.05) is 26.2 Å². The van der Waals surface area contributed by atoms with Gasteiger partial charge >= 0.3 is 0 Å². The Bertz CT molecular complexity index is 402. The van der Waals surface area contributed by atoms with E-state index in [-0.39, 0.29) is 5.41 Å². The predicted molar refractivity (Wildman–Crippen MR) is 106 cm³/mol. The van der Waals surface area contributed by atoms with Gasteiger partial charge in [0, 0.05) is 6.61 Å². The third-order valence-electron chi connectivity index (χ3n) is 7.03. The highest BCUT2D eigenvalue weighted by Crippen LogP contribution is 2.46. The van der Waals surface area contributed by atoms with Crippen LogP contribution in [-0.2, 0) is 4.43 Å². The quantitative estimate of drug-likeness (QED) is 0.528. The highest BCUT2D eigenvalue weighted by molar-refractivity contribution is 6.74. The zero-order valence-electron chi connectivity index (χ0n) is 17.2. The third kappa shape index (κ3) is 5.77. The Morgan fingerprint density at radius 3 is 2.08 bits per heavy atom. The van der Waals surface area contributed by atoms with Crippen molar-refractivity contribution in [1.82, 2.24) is 4.90 Å². The van der Waals surface area contributed by atoms with Crippen LogP contribution in [0.25, 0.3) is 0 Å². The standard InChI is InChI=1S/C20H41NO3Si/c1-19(2,3)25(4,5)24-14-8-6-7-11-21-12-9-20(10-13-21)15-17(22)18(23)16-20/h17-18,22-23H,6-16H2,1-5H3/t17-,18-/m1/s1. The van der Waals surface area contributed by atoms with Gasteiger partial charge in [-0.25, -0.2) is 0 Å². The van der Waals surface area contributed by atoms with Gasteiger partial charge < -0.3 is 19.5 Å². The molecular weight excluding hydrogens is 330 g/mol. The van der Waals surface area contributed by atoms with E-state index in [1.54, 1.807) is 0 Å². The molecule has 2 N–H and O–H groups in total. The molecular formula is C20H41NO3Si. The van der Waals surface area contributed by atoms with Crippen LogP contribution in [0.1, 0.15) is 65.7 Å². The number of rotatable bonds is 7. The molecule has 0 aromatic heterocycles. The number of likely N-dealkylation sites (tertiary alicyclic amines) is 1. The third-order valence-corrected chi connectivity index (χ3v) is 11.6. The minimum Gasteiger partial charge on any atom is -0.417 e. The second-order valence-corrected chi connectivity index (χ2v) is 14.9. The van der Waals surface area contributed by atoms with Gasteiger partial charge in [0.05, 0.1) is 12.2 Å². The molecule has 4 nitrogen and oxygen atoms in total. The van der Waals surface area contributed by atoms with Crippen molar-refractivity contribution >= 4 is 8.32 Å². The largest absolute Gasteiger partial charge is 0.417 e. The topological polar surface area (TPSA) is 52.9 Å². The molecule has 0 aromatic carbocycles. The molecule has 25 heavy (non-hydrogen) atoms. The maximum Gasteiger partial charge on any atom is 0.191 e. The lowest BCUT2D eigenvalue weighted by Crippen LogP contribution is -2.41. The summed E-state index contributed by atoms with van der Waals surface area (Å²) in [7, 11) is -1.58. The summed E-state index contributed by atoms with van der Waals surface area (Å²) in [6.07, 6.45) is 6.54. The molecule has 2 fully saturated rings. The second-order valence-electron chi connectivity index (χ2n) is 10.1. The Balaban J connectivity index is 1.56. The van der Waals surface area contributed by atoms with Crippen LogP contribution in [0.2, 0.25) is 18.1 Å². The number of nitrogens with zero attached hydrogens (tertiary/aromatic N) is 1. The Kier molecular flexibility index (Phi) is 7.16. The Labute approximate surface area is 156 Å². The smallest absolute Gasteiger partial charge is 0.191 e. The number of unbranched alkanes of at least 4 members (excludes halogenated alkanes) is 2. The van der Waals surface area contributed by atoms with Crippen LogP contribution in [0.3, 0.4) is 0 Å². The molecule has 0 radical (unpaired) electrons. The van der Waals surface area contributed by atoms with E-state index in [1.165, 1.54) is 25.8 Å². The molecule has 148 valence electrons. The fraction of sp³-hybridized carbons (Fsp3) is 1.00. The minimum absolute atomic E-state index is 0.215. The van der Waals surface area contributed by atoms with Gasteiger partial charge in [-0.1, -0.05) is 20.8 Å². The van der Waals surface area contributed by atoms with Gasteiger partial charge in [-0.15, -0.1) is 0 Å². The van der Waals surface area contributed by atoms with Gasteiger partial charge in [0.1, 0.15) is 0 Å². The van der Waals surface area contributed by atoms with Crippen molar-refractivity contribution in [2.24, 2.45) is 5.41 Å². The van der Waals surface area contributed by atoms with Crippen molar-refractivity contribution in [3.05, 3.63) is 0 Å². The zero-order valence-corrected chi connectivity index (χ0v) is 18.2. The van der Waals surface area contributed by atoms with Crippen LogP contribution >= 0.6 is 0 Å². The Morgan fingerprint density at radius 1 is 1.00 bits per heavy atom. The summed E-state index contributed by atoms with van der Waals surface area (Å²) >= 11 is 0. The molecule has 1 saturated heterocycles. The molecule has 1 aliphatic carbocycles. The first kappa shape index (κ1) is 21.4. The molecule has 0 aromatic rings. The van der Waals surface area contributed by atoms with Crippen molar-refractivity contribution in [3.63, 3.8) is 0 Å². The van der Waals surface area contributed by atoms with Crippen LogP contribution in [0, 0.1) is 5.41 Å². The summed E-state index contributed by atoms with van der Waals surface area (Å²) in [5.41, 5.74) is 0.215. The van der Waals surface area contributed by atoms with E-state index in [9.17, 15) is 10.2 Å². The van der Waals surface area contributed by atoms with E-state index in [0.29, 0.717) is 5.04 Å². The lowest BCUT2D eigenvalue weighted by molar-refractivity contribution is 0.0438. The molecule has 5 heteroatoms. The summed E-state index contributed by atoms with van der Waals surface area (Å²) in [5, 5.41) is 20.0. The maximum absolute atomic E-state index is 9.84. The molecule has 2 aliphatic rings. The second kappa shape index (κ2) is 8.38. The van der Waals surface area contributed by atoms with Crippen LogP contribution in [0.5, 0.6) is 0 Å². The fourth-order valence-electron chi connectivity index (χ4n) is 4.06. The number of hydrogen-bond donors (Lipinski definition) is 2. The van der Waals surface area contributed by atoms with Gasteiger partial charge in [0.15, 0.2) is 8.32 Å². The Hall–Kier alpha value is 0.0569. The summed E-state index contributed by atoms with van der Waals surface area (Å²) < 4.78 is 6.25. The van der Waals surface area contributed by atoms with E-state index in [1.807, 2.05) is 0 Å². The van der Waals surface area contributed by atoms with Crippen LogP contribution < -0.4 is 0 Å². The van der Waals surface area contributed by atoms with Crippen LogP contribution in [-0.4, -0.2) is 61.9 Å².